The molecule has 2 amide bonds. The number of ether oxygens (including phenoxy) is 2. The number of halogens is 1. The van der Waals surface area contributed by atoms with Crippen molar-refractivity contribution in [2.24, 2.45) is 5.41 Å². The van der Waals surface area contributed by atoms with Crippen LogP contribution in [0.2, 0.25) is 0 Å². The van der Waals surface area contributed by atoms with Crippen LogP contribution in [-0.4, -0.2) is 60.1 Å². The third-order valence-electron chi connectivity index (χ3n) is 5.99. The first-order chi connectivity index (χ1) is 17.2. The monoisotopic (exact) mass is 495 g/mol. The highest BCUT2D eigenvalue weighted by atomic mass is 19.1. The number of rotatable bonds is 9. The first-order valence-electron chi connectivity index (χ1n) is 11.7. The Hall–Kier alpha value is -3.79. The molecule has 36 heavy (non-hydrogen) atoms. The van der Waals surface area contributed by atoms with Crippen molar-refractivity contribution in [1.29, 1.82) is 0 Å². The number of anilines is 3. The minimum absolute atomic E-state index is 0.0903. The Morgan fingerprint density at radius 3 is 2.56 bits per heavy atom. The maximum absolute atomic E-state index is 14.9. The molecule has 1 saturated heterocycles. The minimum Gasteiger partial charge on any atom is -0.491 e. The van der Waals surface area contributed by atoms with Crippen LogP contribution in [0.3, 0.4) is 0 Å². The van der Waals surface area contributed by atoms with Gasteiger partial charge in [-0.1, -0.05) is 13.8 Å². The number of methoxy groups -OCH3 is 1. The fourth-order valence-corrected chi connectivity index (χ4v) is 4.09. The number of nitrogens with one attached hydrogen (secondary N) is 2. The molecular weight excluding hydrogens is 465 g/mol. The van der Waals surface area contributed by atoms with Crippen molar-refractivity contribution >= 4 is 39.9 Å². The van der Waals surface area contributed by atoms with Gasteiger partial charge in [-0.25, -0.2) is 14.4 Å². The lowest BCUT2D eigenvalue weighted by Crippen LogP contribution is -2.33. The number of hydrogen-bond acceptors (Lipinski definition) is 7. The number of fused-ring (bicyclic) bond motifs is 1. The molecule has 2 N–H and O–H groups in total. The van der Waals surface area contributed by atoms with E-state index >= 15 is 0 Å². The van der Waals surface area contributed by atoms with E-state index in [1.54, 1.807) is 42.3 Å². The normalized spacial score (nSPS) is 14.6. The molecule has 0 atom stereocenters. The van der Waals surface area contributed by atoms with Gasteiger partial charge in [-0.2, -0.15) is 0 Å². The summed E-state index contributed by atoms with van der Waals surface area (Å²) in [6.45, 7) is 6.26. The Labute approximate surface area is 209 Å². The molecular formula is C26H30FN5O4. The van der Waals surface area contributed by atoms with E-state index in [9.17, 15) is 14.0 Å². The van der Waals surface area contributed by atoms with Gasteiger partial charge in [0.1, 0.15) is 36.7 Å². The quantitative estimate of drug-likeness (QED) is 0.340. The summed E-state index contributed by atoms with van der Waals surface area (Å²) in [6, 6.07) is 9.79. The zero-order valence-corrected chi connectivity index (χ0v) is 20.6. The number of likely N-dealkylation sites (tertiary alicyclic amines) is 1. The third kappa shape index (κ3) is 6.25. The molecule has 0 bridgehead atoms. The summed E-state index contributed by atoms with van der Waals surface area (Å²) in [6.07, 6.45) is 2.08. The molecule has 3 aromatic rings. The lowest BCUT2D eigenvalue weighted by atomic mass is 9.93. The van der Waals surface area contributed by atoms with E-state index in [4.69, 9.17) is 9.47 Å². The van der Waals surface area contributed by atoms with Crippen molar-refractivity contribution in [2.75, 3.05) is 44.0 Å². The summed E-state index contributed by atoms with van der Waals surface area (Å²) in [5, 5.41) is 6.08. The predicted molar refractivity (Wildman–Crippen MR) is 135 cm³/mol. The van der Waals surface area contributed by atoms with Gasteiger partial charge in [0.05, 0.1) is 17.5 Å². The van der Waals surface area contributed by atoms with Crippen LogP contribution in [0.4, 0.5) is 21.6 Å². The molecule has 0 radical (unpaired) electrons. The lowest BCUT2D eigenvalue weighted by molar-refractivity contribution is -0.134. The first-order valence-corrected chi connectivity index (χ1v) is 11.7. The summed E-state index contributed by atoms with van der Waals surface area (Å²) < 4.78 is 25.3. The maximum Gasteiger partial charge on any atom is 0.233 e. The van der Waals surface area contributed by atoms with Crippen molar-refractivity contribution in [3.05, 3.63) is 48.5 Å². The zero-order chi connectivity index (χ0) is 25.7. The Morgan fingerprint density at radius 1 is 1.11 bits per heavy atom. The molecule has 10 heteroatoms. The molecule has 1 aromatic heterocycles. The Bertz CT molecular complexity index is 1250. The SMILES string of the molecule is COCCOc1cc(F)c2c(Nc3ccc(NC(=O)CC(=O)N4CCC(C)(C)C4)cc3)ncnc2c1. The van der Waals surface area contributed by atoms with Crippen LogP contribution in [0.1, 0.15) is 26.7 Å². The molecule has 2 heterocycles. The van der Waals surface area contributed by atoms with Crippen LogP contribution < -0.4 is 15.4 Å². The number of benzene rings is 2. The van der Waals surface area contributed by atoms with Crippen molar-refractivity contribution in [1.82, 2.24) is 14.9 Å². The van der Waals surface area contributed by atoms with Gasteiger partial charge in [-0.3, -0.25) is 9.59 Å². The molecule has 1 aliphatic heterocycles. The van der Waals surface area contributed by atoms with Gasteiger partial charge in [-0.15, -0.1) is 0 Å². The molecule has 0 saturated carbocycles. The van der Waals surface area contributed by atoms with E-state index in [0.717, 1.165) is 6.42 Å². The standard InChI is InChI=1S/C26H30FN5O4/c1-26(2)8-9-32(15-26)23(34)14-22(33)30-17-4-6-18(7-5-17)31-25-24-20(27)12-19(36-11-10-35-3)13-21(24)28-16-29-25/h4-7,12-13,16H,8-11,14-15H2,1-3H3,(H,30,33)(H,28,29,31). The zero-order valence-electron chi connectivity index (χ0n) is 20.6. The van der Waals surface area contributed by atoms with E-state index in [0.29, 0.717) is 54.8 Å². The van der Waals surface area contributed by atoms with Crippen LogP contribution >= 0.6 is 0 Å². The maximum atomic E-state index is 14.9. The number of amides is 2. The van der Waals surface area contributed by atoms with E-state index in [1.165, 1.54) is 12.4 Å². The molecule has 190 valence electrons. The van der Waals surface area contributed by atoms with Gasteiger partial charge in [0.15, 0.2) is 0 Å². The second-order valence-electron chi connectivity index (χ2n) is 9.52. The molecule has 1 aliphatic rings. The number of carbonyl (C=O) groups excluding carboxylic acids is 2. The van der Waals surface area contributed by atoms with Gasteiger partial charge in [0.2, 0.25) is 11.8 Å². The molecule has 2 aromatic carbocycles. The highest BCUT2D eigenvalue weighted by molar-refractivity contribution is 6.03. The smallest absolute Gasteiger partial charge is 0.233 e. The Balaban J connectivity index is 1.38. The van der Waals surface area contributed by atoms with Crippen molar-refractivity contribution in [2.45, 2.75) is 26.7 Å². The van der Waals surface area contributed by atoms with Crippen LogP contribution in [0.15, 0.2) is 42.7 Å². The third-order valence-corrected chi connectivity index (χ3v) is 5.99. The second-order valence-corrected chi connectivity index (χ2v) is 9.52. The van der Waals surface area contributed by atoms with Gasteiger partial charge in [0.25, 0.3) is 0 Å². The highest BCUT2D eigenvalue weighted by Crippen LogP contribution is 2.30. The number of aromatic nitrogens is 2. The van der Waals surface area contributed by atoms with Gasteiger partial charge < -0.3 is 25.0 Å². The predicted octanol–water partition coefficient (Wildman–Crippen LogP) is 4.12. The van der Waals surface area contributed by atoms with Gasteiger partial charge in [-0.05, 0) is 36.1 Å². The van der Waals surface area contributed by atoms with E-state index in [-0.39, 0.29) is 29.0 Å². The van der Waals surface area contributed by atoms with E-state index < -0.39 is 5.82 Å². The van der Waals surface area contributed by atoms with Crippen LogP contribution in [0, 0.1) is 11.2 Å². The largest absolute Gasteiger partial charge is 0.491 e. The first kappa shape index (κ1) is 25.3. The summed E-state index contributed by atoms with van der Waals surface area (Å²) in [5.41, 5.74) is 1.68. The summed E-state index contributed by atoms with van der Waals surface area (Å²) in [5.74, 6) is -0.386. The molecule has 4 rings (SSSR count). The van der Waals surface area contributed by atoms with Crippen molar-refractivity contribution in [3.8, 4) is 5.75 Å². The van der Waals surface area contributed by atoms with E-state index in [2.05, 4.69) is 34.4 Å². The second kappa shape index (κ2) is 10.9. The number of carbonyl (C=O) groups is 2. The highest BCUT2D eigenvalue weighted by Gasteiger charge is 2.32. The van der Waals surface area contributed by atoms with Gasteiger partial charge in [0, 0.05) is 43.7 Å². The average Bonchev–Trinajstić information content (AvgIpc) is 3.20. The van der Waals surface area contributed by atoms with Crippen molar-refractivity contribution in [3.63, 3.8) is 0 Å². The minimum atomic E-state index is -0.516. The fourth-order valence-electron chi connectivity index (χ4n) is 4.09. The van der Waals surface area contributed by atoms with E-state index in [1.807, 2.05) is 0 Å². The summed E-state index contributed by atoms with van der Waals surface area (Å²) in [7, 11) is 1.56. The van der Waals surface area contributed by atoms with Crippen LogP contribution in [0.5, 0.6) is 5.75 Å². The fraction of sp³-hybridized carbons (Fsp3) is 0.385. The Kier molecular flexibility index (Phi) is 7.64. The topological polar surface area (TPSA) is 106 Å². The molecule has 0 aliphatic carbocycles. The average molecular weight is 496 g/mol. The molecule has 0 spiro atoms. The molecule has 0 unspecified atom stereocenters. The molecule has 9 nitrogen and oxygen atoms in total. The van der Waals surface area contributed by atoms with Crippen LogP contribution in [-0.2, 0) is 14.3 Å². The summed E-state index contributed by atoms with van der Waals surface area (Å²) in [4.78, 5) is 34.9. The Morgan fingerprint density at radius 2 is 1.86 bits per heavy atom. The van der Waals surface area contributed by atoms with Crippen LogP contribution in [0.25, 0.3) is 10.9 Å². The lowest BCUT2D eigenvalue weighted by Gasteiger charge is -2.19. The summed E-state index contributed by atoms with van der Waals surface area (Å²) >= 11 is 0. The number of hydrogen-bond donors (Lipinski definition) is 2. The number of nitrogens with zero attached hydrogens (tertiary/aromatic N) is 3. The van der Waals surface area contributed by atoms with Gasteiger partial charge >= 0.3 is 0 Å². The van der Waals surface area contributed by atoms with Crippen molar-refractivity contribution < 1.29 is 23.5 Å². The molecule has 1 fully saturated rings.